The fourth-order valence-corrected chi connectivity index (χ4v) is 2.87. The van der Waals surface area contributed by atoms with Crippen LogP contribution < -0.4 is 0 Å². The number of aliphatic hydroxyl groups excluding tert-OH is 1. The number of alkyl halides is 2. The molecule has 0 aliphatic heterocycles. The minimum Gasteiger partial charge on any atom is -0.395 e. The van der Waals surface area contributed by atoms with Crippen LogP contribution in [-0.4, -0.2) is 61.3 Å². The fraction of sp³-hybridized carbons (Fsp3) is 1.00. The van der Waals surface area contributed by atoms with Gasteiger partial charge >= 0.3 is 0 Å². The summed E-state index contributed by atoms with van der Waals surface area (Å²) >= 11 is 0. The first kappa shape index (κ1) is 15.7. The van der Waals surface area contributed by atoms with E-state index in [1.807, 2.05) is 0 Å². The Balaban J connectivity index is 4.87. The average molecular weight is 260 g/mol. The lowest BCUT2D eigenvalue weighted by molar-refractivity contribution is 0.110. The van der Waals surface area contributed by atoms with Gasteiger partial charge in [0.1, 0.15) is 0 Å². The van der Waals surface area contributed by atoms with Gasteiger partial charge in [0.25, 0.3) is 16.6 Å². The molecule has 8 heteroatoms. The molecule has 98 valence electrons. The molecule has 0 aliphatic carbocycles. The third kappa shape index (κ3) is 4.28. The van der Waals surface area contributed by atoms with Gasteiger partial charge < -0.3 is 5.11 Å². The SMILES string of the molecule is CCN(CC)S(=O)(=O)N(CCO)CC(F)F. The summed E-state index contributed by atoms with van der Waals surface area (Å²) < 4.78 is 49.7. The minimum atomic E-state index is -3.89. The molecule has 0 spiro atoms. The maximum absolute atomic E-state index is 12.2. The zero-order chi connectivity index (χ0) is 12.8. The summed E-state index contributed by atoms with van der Waals surface area (Å²) in [6, 6.07) is 0. The van der Waals surface area contributed by atoms with Crippen molar-refractivity contribution < 1.29 is 22.3 Å². The molecule has 0 aromatic carbocycles. The number of halogens is 2. The van der Waals surface area contributed by atoms with Crippen LogP contribution >= 0.6 is 0 Å². The second-order valence-corrected chi connectivity index (χ2v) is 4.99. The zero-order valence-corrected chi connectivity index (χ0v) is 10.3. The van der Waals surface area contributed by atoms with Crippen molar-refractivity contribution in [2.75, 3.05) is 32.8 Å². The standard InChI is InChI=1S/C8H18F2N2O3S/c1-3-11(4-2)16(14,15)12(5-6-13)7-8(9)10/h8,13H,3-7H2,1-2H3. The number of hydrogen-bond donors (Lipinski definition) is 1. The molecule has 0 aliphatic rings. The van der Waals surface area contributed by atoms with Crippen molar-refractivity contribution in [3.05, 3.63) is 0 Å². The van der Waals surface area contributed by atoms with E-state index in [1.54, 1.807) is 13.8 Å². The van der Waals surface area contributed by atoms with Crippen LogP contribution in [0.15, 0.2) is 0 Å². The van der Waals surface area contributed by atoms with E-state index in [0.717, 1.165) is 4.31 Å². The van der Waals surface area contributed by atoms with Gasteiger partial charge in [-0.05, 0) is 0 Å². The fourth-order valence-electron chi connectivity index (χ4n) is 1.28. The third-order valence-corrected chi connectivity index (χ3v) is 4.20. The Hall–Kier alpha value is -0.310. The molecule has 0 atom stereocenters. The zero-order valence-electron chi connectivity index (χ0n) is 9.44. The summed E-state index contributed by atoms with van der Waals surface area (Å²) in [5.41, 5.74) is 0. The first-order chi connectivity index (χ1) is 7.39. The minimum absolute atomic E-state index is 0.212. The smallest absolute Gasteiger partial charge is 0.282 e. The van der Waals surface area contributed by atoms with Gasteiger partial charge in [-0.15, -0.1) is 0 Å². The maximum Gasteiger partial charge on any atom is 0.282 e. The molecule has 0 amide bonds. The summed E-state index contributed by atoms with van der Waals surface area (Å²) in [4.78, 5) is 0. The molecule has 16 heavy (non-hydrogen) atoms. The topological polar surface area (TPSA) is 60.9 Å². The molecule has 0 aromatic rings. The van der Waals surface area contributed by atoms with Crippen LogP contribution in [0, 0.1) is 0 Å². The van der Waals surface area contributed by atoms with Gasteiger partial charge in [-0.1, -0.05) is 13.8 Å². The predicted octanol–water partition coefficient (Wildman–Crippen LogP) is 0.132. The van der Waals surface area contributed by atoms with Crippen LogP contribution in [-0.2, 0) is 10.2 Å². The Morgan fingerprint density at radius 1 is 1.19 bits per heavy atom. The molecule has 0 fully saturated rings. The van der Waals surface area contributed by atoms with Crippen molar-refractivity contribution >= 4 is 10.2 Å². The molecule has 0 aromatic heterocycles. The lowest BCUT2D eigenvalue weighted by Crippen LogP contribution is -2.46. The number of hydrogen-bond acceptors (Lipinski definition) is 3. The van der Waals surface area contributed by atoms with Crippen LogP contribution in [0.25, 0.3) is 0 Å². The van der Waals surface area contributed by atoms with Crippen LogP contribution in [0.1, 0.15) is 13.8 Å². The molecule has 0 radical (unpaired) electrons. The molecule has 5 nitrogen and oxygen atoms in total. The van der Waals surface area contributed by atoms with Crippen molar-refractivity contribution in [3.8, 4) is 0 Å². The third-order valence-electron chi connectivity index (χ3n) is 2.05. The molecule has 0 unspecified atom stereocenters. The Kier molecular flexibility index (Phi) is 6.96. The quantitative estimate of drug-likeness (QED) is 0.675. The highest BCUT2D eigenvalue weighted by molar-refractivity contribution is 7.86. The summed E-state index contributed by atoms with van der Waals surface area (Å²) in [6.45, 7) is 1.99. The highest BCUT2D eigenvalue weighted by atomic mass is 32.2. The van der Waals surface area contributed by atoms with Crippen molar-refractivity contribution in [1.29, 1.82) is 0 Å². The molecule has 0 rings (SSSR count). The summed E-state index contributed by atoms with van der Waals surface area (Å²) in [6.07, 6.45) is -2.75. The molecule has 0 bridgehead atoms. The monoisotopic (exact) mass is 260 g/mol. The van der Waals surface area contributed by atoms with Gasteiger partial charge in [0.2, 0.25) is 0 Å². The van der Waals surface area contributed by atoms with Crippen molar-refractivity contribution in [2.24, 2.45) is 0 Å². The van der Waals surface area contributed by atoms with Crippen molar-refractivity contribution in [2.45, 2.75) is 20.3 Å². The van der Waals surface area contributed by atoms with Gasteiger partial charge in [-0.25, -0.2) is 8.78 Å². The van der Waals surface area contributed by atoms with Crippen molar-refractivity contribution in [1.82, 2.24) is 8.61 Å². The first-order valence-electron chi connectivity index (χ1n) is 5.04. The molecular formula is C8H18F2N2O3S. The molecule has 1 N–H and O–H groups in total. The predicted molar refractivity (Wildman–Crippen MR) is 56.5 cm³/mol. The molecule has 0 saturated heterocycles. The Labute approximate surface area is 94.8 Å². The van der Waals surface area contributed by atoms with Crippen LogP contribution in [0.5, 0.6) is 0 Å². The normalized spacial score (nSPS) is 13.0. The van der Waals surface area contributed by atoms with E-state index in [9.17, 15) is 17.2 Å². The van der Waals surface area contributed by atoms with Gasteiger partial charge in [0.15, 0.2) is 0 Å². The van der Waals surface area contributed by atoms with Gasteiger partial charge in [-0.2, -0.15) is 17.0 Å². The number of aliphatic hydroxyl groups is 1. The van der Waals surface area contributed by atoms with E-state index in [0.29, 0.717) is 4.31 Å². The Morgan fingerprint density at radius 3 is 2.00 bits per heavy atom. The summed E-state index contributed by atoms with van der Waals surface area (Å²) in [5.74, 6) is 0. The summed E-state index contributed by atoms with van der Waals surface area (Å²) in [5, 5.41) is 8.67. The van der Waals surface area contributed by atoms with E-state index >= 15 is 0 Å². The van der Waals surface area contributed by atoms with Crippen LogP contribution in [0.4, 0.5) is 8.78 Å². The second-order valence-electron chi connectivity index (χ2n) is 3.06. The first-order valence-corrected chi connectivity index (χ1v) is 6.44. The highest BCUT2D eigenvalue weighted by Crippen LogP contribution is 2.10. The Bertz CT molecular complexity index is 281. The van der Waals surface area contributed by atoms with E-state index in [1.165, 1.54) is 0 Å². The van der Waals surface area contributed by atoms with E-state index < -0.39 is 29.8 Å². The molecule has 0 heterocycles. The van der Waals surface area contributed by atoms with Crippen molar-refractivity contribution in [3.63, 3.8) is 0 Å². The highest BCUT2D eigenvalue weighted by Gasteiger charge is 2.29. The van der Waals surface area contributed by atoms with Gasteiger partial charge in [0.05, 0.1) is 13.2 Å². The molecular weight excluding hydrogens is 242 g/mol. The number of nitrogens with zero attached hydrogens (tertiary/aromatic N) is 2. The van der Waals surface area contributed by atoms with Crippen LogP contribution in [0.2, 0.25) is 0 Å². The second kappa shape index (κ2) is 7.10. The van der Waals surface area contributed by atoms with E-state index in [-0.39, 0.29) is 19.6 Å². The lowest BCUT2D eigenvalue weighted by atomic mass is 10.6. The average Bonchev–Trinajstić information content (AvgIpc) is 2.18. The van der Waals surface area contributed by atoms with Gasteiger partial charge in [0, 0.05) is 19.6 Å². The van der Waals surface area contributed by atoms with Crippen LogP contribution in [0.3, 0.4) is 0 Å². The molecule has 0 saturated carbocycles. The summed E-state index contributed by atoms with van der Waals surface area (Å²) in [7, 11) is -3.89. The lowest BCUT2D eigenvalue weighted by Gasteiger charge is -2.27. The van der Waals surface area contributed by atoms with E-state index in [2.05, 4.69) is 0 Å². The number of rotatable bonds is 8. The van der Waals surface area contributed by atoms with E-state index in [4.69, 9.17) is 5.11 Å². The Morgan fingerprint density at radius 2 is 1.69 bits per heavy atom. The van der Waals surface area contributed by atoms with Gasteiger partial charge in [-0.3, -0.25) is 0 Å². The maximum atomic E-state index is 12.2. The largest absolute Gasteiger partial charge is 0.395 e.